The van der Waals surface area contributed by atoms with E-state index in [1.165, 1.54) is 13.2 Å². The minimum atomic E-state index is -1.07. The molecule has 0 saturated carbocycles. The van der Waals surface area contributed by atoms with Gasteiger partial charge in [-0.05, 0) is 35.9 Å². The van der Waals surface area contributed by atoms with Crippen molar-refractivity contribution in [2.45, 2.75) is 12.5 Å². The third-order valence-electron chi connectivity index (χ3n) is 4.64. The van der Waals surface area contributed by atoms with Crippen LogP contribution in [0.4, 0.5) is 0 Å². The third kappa shape index (κ3) is 5.13. The quantitative estimate of drug-likeness (QED) is 0.540. The Balaban J connectivity index is 1.97. The Bertz CT molecular complexity index is 1100. The molecule has 1 aromatic heterocycles. The molecule has 0 aliphatic rings. The summed E-state index contributed by atoms with van der Waals surface area (Å²) in [6.45, 7) is 0. The zero-order chi connectivity index (χ0) is 22.4. The summed E-state index contributed by atoms with van der Waals surface area (Å²) in [4.78, 5) is 28.8. The number of rotatable bonds is 8. The number of nitrogens with zero attached hydrogens (tertiary/aromatic N) is 1. The fraction of sp³-hybridized carbons (Fsp3) is 0.174. The van der Waals surface area contributed by atoms with Gasteiger partial charge in [0, 0.05) is 10.6 Å². The van der Waals surface area contributed by atoms with Gasteiger partial charge in [0.15, 0.2) is 0 Å². The number of benzene rings is 2. The van der Waals surface area contributed by atoms with Gasteiger partial charge in [-0.15, -0.1) is 0 Å². The van der Waals surface area contributed by atoms with Gasteiger partial charge in [-0.1, -0.05) is 41.9 Å². The van der Waals surface area contributed by atoms with E-state index in [1.54, 1.807) is 43.5 Å². The zero-order valence-electron chi connectivity index (χ0n) is 17.0. The molecule has 0 saturated heterocycles. The van der Waals surface area contributed by atoms with Gasteiger partial charge < -0.3 is 19.9 Å². The van der Waals surface area contributed by atoms with Crippen molar-refractivity contribution >= 4 is 23.5 Å². The van der Waals surface area contributed by atoms with E-state index in [4.69, 9.17) is 21.1 Å². The van der Waals surface area contributed by atoms with E-state index in [2.05, 4.69) is 10.3 Å². The number of carbonyl (C=O) groups is 2. The lowest BCUT2D eigenvalue weighted by atomic mass is 10.0. The lowest BCUT2D eigenvalue weighted by molar-refractivity contribution is -0.137. The number of pyridine rings is 1. The normalized spacial score (nSPS) is 11.5. The monoisotopic (exact) mass is 440 g/mol. The Labute approximate surface area is 184 Å². The molecule has 0 bridgehead atoms. The highest BCUT2D eigenvalue weighted by molar-refractivity contribution is 6.31. The number of ether oxygens (including phenoxy) is 2. The standard InChI is InChI=1S/C23H21ClN2O5/c1-30-19-10-6-4-8-15(19)22-20(31-2)12-11-17(25-22)23(29)26-18(13-21(27)28)14-7-3-5-9-16(14)24/h3-12,18H,13H2,1-2H3,(H,26,29)(H,27,28)/t18-/m0/s1. The van der Waals surface area contributed by atoms with Gasteiger partial charge in [0.1, 0.15) is 22.9 Å². The minimum absolute atomic E-state index is 0.101. The molecule has 3 aromatic rings. The summed E-state index contributed by atoms with van der Waals surface area (Å²) in [6.07, 6.45) is -0.328. The number of hydrogen-bond donors (Lipinski definition) is 2. The van der Waals surface area contributed by atoms with Crippen molar-refractivity contribution in [3.8, 4) is 22.8 Å². The number of carboxylic acid groups (broad SMARTS) is 1. The van der Waals surface area contributed by atoms with Crippen molar-refractivity contribution < 1.29 is 24.2 Å². The van der Waals surface area contributed by atoms with Crippen LogP contribution in [-0.4, -0.2) is 36.2 Å². The van der Waals surface area contributed by atoms with Gasteiger partial charge in [0.05, 0.1) is 26.7 Å². The van der Waals surface area contributed by atoms with Crippen LogP contribution in [0.2, 0.25) is 5.02 Å². The molecule has 1 amide bonds. The highest BCUT2D eigenvalue weighted by Gasteiger charge is 2.23. The van der Waals surface area contributed by atoms with E-state index in [9.17, 15) is 14.7 Å². The van der Waals surface area contributed by atoms with Crippen molar-refractivity contribution in [3.05, 3.63) is 76.9 Å². The molecule has 160 valence electrons. The molecular formula is C23H21ClN2O5. The van der Waals surface area contributed by atoms with Crippen molar-refractivity contribution in [2.24, 2.45) is 0 Å². The van der Waals surface area contributed by atoms with Crippen molar-refractivity contribution in [3.63, 3.8) is 0 Å². The lowest BCUT2D eigenvalue weighted by Crippen LogP contribution is -2.31. The Morgan fingerprint density at radius 1 is 1.00 bits per heavy atom. The highest BCUT2D eigenvalue weighted by atomic mass is 35.5. The summed E-state index contributed by atoms with van der Waals surface area (Å²) >= 11 is 6.22. The molecule has 3 rings (SSSR count). The maximum atomic E-state index is 13.0. The van der Waals surface area contributed by atoms with E-state index in [-0.39, 0.29) is 12.1 Å². The van der Waals surface area contributed by atoms with E-state index in [0.717, 1.165) is 0 Å². The maximum absolute atomic E-state index is 13.0. The Hall–Kier alpha value is -3.58. The lowest BCUT2D eigenvalue weighted by Gasteiger charge is -2.19. The molecule has 7 nitrogen and oxygen atoms in total. The number of hydrogen-bond acceptors (Lipinski definition) is 5. The van der Waals surface area contributed by atoms with Gasteiger partial charge in [-0.3, -0.25) is 9.59 Å². The smallest absolute Gasteiger partial charge is 0.305 e. The first kappa shape index (κ1) is 22.1. The molecule has 0 aliphatic heterocycles. The molecular weight excluding hydrogens is 420 g/mol. The second-order valence-corrected chi connectivity index (χ2v) is 7.00. The van der Waals surface area contributed by atoms with Gasteiger partial charge >= 0.3 is 5.97 Å². The summed E-state index contributed by atoms with van der Waals surface area (Å²) < 4.78 is 10.8. The summed E-state index contributed by atoms with van der Waals surface area (Å²) in [5.74, 6) is -0.562. The fourth-order valence-electron chi connectivity index (χ4n) is 3.17. The number of carbonyl (C=O) groups excluding carboxylic acids is 1. The predicted octanol–water partition coefficient (Wildman–Crippen LogP) is 4.37. The van der Waals surface area contributed by atoms with Gasteiger partial charge in [-0.25, -0.2) is 4.98 Å². The molecule has 0 radical (unpaired) electrons. The molecule has 0 aliphatic carbocycles. The number of para-hydroxylation sites is 1. The molecule has 31 heavy (non-hydrogen) atoms. The number of nitrogens with one attached hydrogen (secondary N) is 1. The molecule has 0 unspecified atom stereocenters. The molecule has 2 N–H and O–H groups in total. The average Bonchev–Trinajstić information content (AvgIpc) is 2.78. The van der Waals surface area contributed by atoms with E-state index in [0.29, 0.717) is 33.3 Å². The second-order valence-electron chi connectivity index (χ2n) is 6.59. The highest BCUT2D eigenvalue weighted by Crippen LogP contribution is 2.35. The summed E-state index contributed by atoms with van der Waals surface area (Å²) in [7, 11) is 3.05. The van der Waals surface area contributed by atoms with Crippen molar-refractivity contribution in [1.82, 2.24) is 10.3 Å². The van der Waals surface area contributed by atoms with E-state index >= 15 is 0 Å². The fourth-order valence-corrected chi connectivity index (χ4v) is 3.44. The van der Waals surface area contributed by atoms with Gasteiger partial charge in [0.2, 0.25) is 0 Å². The molecule has 2 aromatic carbocycles. The average molecular weight is 441 g/mol. The first-order chi connectivity index (χ1) is 14.9. The largest absolute Gasteiger partial charge is 0.496 e. The van der Waals surface area contributed by atoms with Crippen LogP contribution in [0, 0.1) is 0 Å². The van der Waals surface area contributed by atoms with E-state index < -0.39 is 17.9 Å². The first-order valence-corrected chi connectivity index (χ1v) is 9.78. The van der Waals surface area contributed by atoms with Crippen molar-refractivity contribution in [1.29, 1.82) is 0 Å². The van der Waals surface area contributed by atoms with Crippen LogP contribution in [0.25, 0.3) is 11.3 Å². The van der Waals surface area contributed by atoms with Crippen LogP contribution in [0.5, 0.6) is 11.5 Å². The first-order valence-electron chi connectivity index (χ1n) is 9.40. The molecule has 8 heteroatoms. The number of methoxy groups -OCH3 is 2. The summed E-state index contributed by atoms with van der Waals surface area (Å²) in [5.41, 5.74) is 1.70. The zero-order valence-corrected chi connectivity index (χ0v) is 17.7. The molecule has 0 fully saturated rings. The van der Waals surface area contributed by atoms with Crippen LogP contribution >= 0.6 is 11.6 Å². The number of halogens is 1. The van der Waals surface area contributed by atoms with Crippen LogP contribution in [0.3, 0.4) is 0 Å². The number of aliphatic carboxylic acids is 1. The second kappa shape index (κ2) is 9.95. The van der Waals surface area contributed by atoms with Crippen LogP contribution in [-0.2, 0) is 4.79 Å². The van der Waals surface area contributed by atoms with E-state index in [1.807, 2.05) is 18.2 Å². The molecule has 1 atom stereocenters. The summed E-state index contributed by atoms with van der Waals surface area (Å²) in [5, 5.41) is 12.4. The van der Waals surface area contributed by atoms with Crippen LogP contribution in [0.15, 0.2) is 60.7 Å². The Morgan fingerprint density at radius 3 is 2.35 bits per heavy atom. The number of amides is 1. The summed E-state index contributed by atoms with van der Waals surface area (Å²) in [6, 6.07) is 16.3. The molecule has 1 heterocycles. The maximum Gasteiger partial charge on any atom is 0.305 e. The molecule has 0 spiro atoms. The minimum Gasteiger partial charge on any atom is -0.496 e. The Kier molecular flexibility index (Phi) is 7.10. The SMILES string of the molecule is COc1ccccc1-c1nc(C(=O)N[C@@H](CC(=O)O)c2ccccc2Cl)ccc1OC. The topological polar surface area (TPSA) is 97.8 Å². The predicted molar refractivity (Wildman–Crippen MR) is 117 cm³/mol. The van der Waals surface area contributed by atoms with Gasteiger partial charge in [-0.2, -0.15) is 0 Å². The number of aromatic nitrogens is 1. The van der Waals surface area contributed by atoms with Gasteiger partial charge in [0.25, 0.3) is 5.91 Å². The van der Waals surface area contributed by atoms with Crippen LogP contribution < -0.4 is 14.8 Å². The third-order valence-corrected chi connectivity index (χ3v) is 4.98. The Morgan fingerprint density at radius 2 is 1.68 bits per heavy atom. The number of carboxylic acids is 1. The van der Waals surface area contributed by atoms with Crippen molar-refractivity contribution in [2.75, 3.05) is 14.2 Å². The van der Waals surface area contributed by atoms with Crippen LogP contribution in [0.1, 0.15) is 28.5 Å².